The lowest BCUT2D eigenvalue weighted by molar-refractivity contribution is -0.148. The van der Waals surface area contributed by atoms with E-state index in [1.165, 1.54) is 33.9 Å². The summed E-state index contributed by atoms with van der Waals surface area (Å²) in [4.78, 5) is 138. The minimum atomic E-state index is -1.90. The summed E-state index contributed by atoms with van der Waals surface area (Å²) in [5.41, 5.74) is 12.9. The van der Waals surface area contributed by atoms with Crippen LogP contribution in [0.1, 0.15) is 84.3 Å². The molecular formula is C53H72N10O13. The zero-order valence-corrected chi connectivity index (χ0v) is 43.7. The van der Waals surface area contributed by atoms with Gasteiger partial charge in [0.05, 0.1) is 18.4 Å². The summed E-state index contributed by atoms with van der Waals surface area (Å²) in [6.07, 6.45) is 2.93. The fourth-order valence-electron chi connectivity index (χ4n) is 7.84. The van der Waals surface area contributed by atoms with Crippen LogP contribution < -0.4 is 43.4 Å². The number of aryl methyl sites for hydroxylation is 1. The number of carboxylic acids is 2. The average Bonchev–Trinajstić information content (AvgIpc) is 3.36. The Morgan fingerprint density at radius 3 is 1.96 bits per heavy atom. The number of guanidine groups is 1. The zero-order chi connectivity index (χ0) is 56.6. The van der Waals surface area contributed by atoms with Gasteiger partial charge in [0.25, 0.3) is 5.91 Å². The van der Waals surface area contributed by atoms with Gasteiger partial charge in [-0.25, -0.2) is 9.59 Å². The van der Waals surface area contributed by atoms with Crippen molar-refractivity contribution in [3.05, 3.63) is 108 Å². The number of nitrogens with two attached hydrogens (primary N) is 2. The maximum absolute atomic E-state index is 14.4. The molecule has 1 fully saturated rings. The van der Waals surface area contributed by atoms with E-state index < -0.39 is 132 Å². The lowest BCUT2D eigenvalue weighted by Crippen LogP contribution is -2.56. The summed E-state index contributed by atoms with van der Waals surface area (Å²) in [5, 5.41) is 35.4. The van der Waals surface area contributed by atoms with Crippen molar-refractivity contribution >= 4 is 65.2 Å². The molecule has 412 valence electrons. The van der Waals surface area contributed by atoms with E-state index in [9.17, 15) is 58.2 Å². The van der Waals surface area contributed by atoms with Crippen molar-refractivity contribution in [2.45, 2.75) is 128 Å². The molecule has 0 aromatic heterocycles. The second-order valence-electron chi connectivity index (χ2n) is 18.6. The summed E-state index contributed by atoms with van der Waals surface area (Å²) in [6.45, 7) is 11.2. The number of likely N-dealkylation sites (N-methyl/N-ethyl adjacent to an activating group) is 1. The van der Waals surface area contributed by atoms with E-state index in [0.29, 0.717) is 12.0 Å². The quantitative estimate of drug-likeness (QED) is 0.0279. The highest BCUT2D eigenvalue weighted by Crippen LogP contribution is 2.19. The van der Waals surface area contributed by atoms with Crippen LogP contribution in [-0.4, -0.2) is 136 Å². The van der Waals surface area contributed by atoms with Gasteiger partial charge in [-0.05, 0) is 57.1 Å². The second kappa shape index (κ2) is 30.7. The first-order valence-corrected chi connectivity index (χ1v) is 24.8. The molecule has 3 rings (SSSR count). The van der Waals surface area contributed by atoms with Gasteiger partial charge in [0.2, 0.25) is 35.4 Å². The van der Waals surface area contributed by atoms with Gasteiger partial charge in [-0.3, -0.25) is 43.3 Å². The zero-order valence-electron chi connectivity index (χ0n) is 43.7. The van der Waals surface area contributed by atoms with Crippen molar-refractivity contribution in [3.63, 3.8) is 0 Å². The Hall–Kier alpha value is -8.37. The Labute approximate surface area is 441 Å². The number of amides is 7. The third kappa shape index (κ3) is 21.2. The number of hydrogen-bond acceptors (Lipinski definition) is 12. The number of carbonyl (C=O) groups excluding carboxylic acids is 8. The molecule has 0 spiro atoms. The summed E-state index contributed by atoms with van der Waals surface area (Å²) >= 11 is 0. The highest BCUT2D eigenvalue weighted by Gasteiger charge is 2.34. The molecule has 2 aromatic carbocycles. The molecule has 2 aromatic rings. The van der Waals surface area contributed by atoms with Gasteiger partial charge in [-0.2, -0.15) is 0 Å². The third-order valence-electron chi connectivity index (χ3n) is 12.4. The van der Waals surface area contributed by atoms with E-state index in [1.807, 2.05) is 43.3 Å². The minimum Gasteiger partial charge on any atom is -0.480 e. The van der Waals surface area contributed by atoms with Gasteiger partial charge < -0.3 is 63.2 Å². The lowest BCUT2D eigenvalue weighted by Gasteiger charge is -2.27. The Morgan fingerprint density at radius 1 is 0.789 bits per heavy atom. The maximum Gasteiger partial charge on any atom is 0.326 e. The predicted octanol–water partition coefficient (Wildman–Crippen LogP) is 0.876. The second-order valence-corrected chi connectivity index (χ2v) is 18.6. The lowest BCUT2D eigenvalue weighted by atomic mass is 9.94. The number of aliphatic carboxylic acids is 2. The molecule has 0 radical (unpaired) electrons. The highest BCUT2D eigenvalue weighted by molar-refractivity contribution is 6.00. The SMILES string of the molecule is C=C1C(=O)N[C@H](C)C(=O)N[C@@H](CCc2ccccc2)C(=O)N[C@@H](C(=O)O)CC(=O)N[C@@H](CCCN=C(N)N)C(=O)N[C@@H](/C=C/C(C)=C/[C@H](C)[C@H](Cc2ccccc2)OC(C)=O)[C@H](C)C(=O)N[C@@H](C(=O)O)CCC(=O)N1C. The molecule has 0 saturated carbocycles. The fourth-order valence-corrected chi connectivity index (χ4v) is 7.84. The Bertz CT molecular complexity index is 2500. The molecular weight excluding hydrogens is 985 g/mol. The molecule has 23 heteroatoms. The van der Waals surface area contributed by atoms with Crippen molar-refractivity contribution in [1.82, 2.24) is 36.8 Å². The van der Waals surface area contributed by atoms with Crippen LogP contribution in [-0.2, 0) is 65.5 Å². The van der Waals surface area contributed by atoms with Crippen LogP contribution in [0.5, 0.6) is 0 Å². The topological polar surface area (TPSA) is 360 Å². The van der Waals surface area contributed by atoms with Gasteiger partial charge in [0.15, 0.2) is 5.96 Å². The van der Waals surface area contributed by atoms with Crippen molar-refractivity contribution in [2.24, 2.45) is 28.3 Å². The first-order valence-electron chi connectivity index (χ1n) is 24.8. The first-order chi connectivity index (χ1) is 35.9. The number of ether oxygens (including phenoxy) is 1. The number of aliphatic imine (C=N–C) groups is 1. The number of esters is 1. The van der Waals surface area contributed by atoms with Gasteiger partial charge in [0.1, 0.15) is 42.0 Å². The fraction of sp³-hybridized carbons (Fsp3) is 0.453. The summed E-state index contributed by atoms with van der Waals surface area (Å²) in [6, 6.07) is 9.20. The molecule has 9 atom stereocenters. The van der Waals surface area contributed by atoms with E-state index in [-0.39, 0.29) is 44.1 Å². The van der Waals surface area contributed by atoms with Gasteiger partial charge in [-0.1, -0.05) is 105 Å². The van der Waals surface area contributed by atoms with E-state index in [4.69, 9.17) is 16.2 Å². The Balaban J connectivity index is 2.11. The predicted molar refractivity (Wildman–Crippen MR) is 280 cm³/mol. The van der Waals surface area contributed by atoms with Gasteiger partial charge in [0, 0.05) is 39.3 Å². The number of rotatable bonds is 16. The summed E-state index contributed by atoms with van der Waals surface area (Å²) < 4.78 is 5.68. The highest BCUT2D eigenvalue weighted by atomic mass is 16.5. The number of nitrogens with one attached hydrogen (secondary N) is 6. The molecule has 0 unspecified atom stereocenters. The van der Waals surface area contributed by atoms with E-state index in [1.54, 1.807) is 43.3 Å². The minimum absolute atomic E-state index is 0.0000848. The van der Waals surface area contributed by atoms with E-state index >= 15 is 0 Å². The van der Waals surface area contributed by atoms with Crippen LogP contribution >= 0.6 is 0 Å². The van der Waals surface area contributed by atoms with Gasteiger partial charge in [-0.15, -0.1) is 0 Å². The Morgan fingerprint density at radius 2 is 1.37 bits per heavy atom. The standard InChI is InChI=1S/C53H72N10O13/c1-30(27-31(2)43(76-35(6)64)28-37-17-12-9-13-18-37)20-22-38-32(3)46(67)61-41(51(72)73)24-25-45(66)63(7)34(5)48(69)57-33(4)47(68)60-40(23-21-36-15-10-8-11-16-36)50(71)62-42(52(74)75)29-44(65)58-39(49(70)59-38)19-14-26-56-53(54)55/h8-13,15-18,20,22,27,31-33,38-43H,5,14,19,21,23-26,28-29H2,1-4,6-7H3,(H,57,69)(H,58,65)(H,59,70)(H,60,68)(H,61,67)(H,62,71)(H,72,73)(H,74,75)(H4,54,55,56)/b22-20+,30-27+/t31-,32-,33+,38-,39-,40-,41+,42+,43-/m0/s1. The number of benzene rings is 2. The van der Waals surface area contributed by atoms with Crippen LogP contribution in [0.4, 0.5) is 0 Å². The molecule has 0 aliphatic carbocycles. The van der Waals surface area contributed by atoms with Crippen molar-refractivity contribution in [2.75, 3.05) is 13.6 Å². The molecule has 7 amide bonds. The number of nitrogens with zero attached hydrogens (tertiary/aromatic N) is 2. The largest absolute Gasteiger partial charge is 0.480 e. The third-order valence-corrected chi connectivity index (χ3v) is 12.4. The van der Waals surface area contributed by atoms with Crippen LogP contribution in [0.25, 0.3) is 0 Å². The maximum atomic E-state index is 14.4. The average molecular weight is 1060 g/mol. The van der Waals surface area contributed by atoms with Crippen LogP contribution in [0.15, 0.2) is 102 Å². The number of carbonyl (C=O) groups is 10. The molecule has 1 aliphatic heterocycles. The smallest absolute Gasteiger partial charge is 0.326 e. The van der Waals surface area contributed by atoms with E-state index in [2.05, 4.69) is 43.5 Å². The molecule has 0 bridgehead atoms. The van der Waals surface area contributed by atoms with Crippen LogP contribution in [0.3, 0.4) is 0 Å². The van der Waals surface area contributed by atoms with Crippen LogP contribution in [0, 0.1) is 11.8 Å². The molecule has 1 saturated heterocycles. The molecule has 1 heterocycles. The van der Waals surface area contributed by atoms with Crippen molar-refractivity contribution in [3.8, 4) is 0 Å². The summed E-state index contributed by atoms with van der Waals surface area (Å²) in [7, 11) is 1.20. The van der Waals surface area contributed by atoms with Crippen molar-refractivity contribution in [1.29, 1.82) is 0 Å². The molecule has 12 N–H and O–H groups in total. The van der Waals surface area contributed by atoms with Crippen molar-refractivity contribution < 1.29 is 62.9 Å². The number of hydrogen-bond donors (Lipinski definition) is 10. The monoisotopic (exact) mass is 1060 g/mol. The van der Waals surface area contributed by atoms with E-state index in [0.717, 1.165) is 16.0 Å². The van der Waals surface area contributed by atoms with Crippen LogP contribution in [0.2, 0.25) is 0 Å². The molecule has 1 aliphatic rings. The number of carboxylic acid groups (broad SMARTS) is 2. The Kier molecular flexibility index (Phi) is 25.0. The first kappa shape index (κ1) is 61.9. The summed E-state index contributed by atoms with van der Waals surface area (Å²) in [5.74, 6) is -11.9. The number of allylic oxidation sites excluding steroid dienone is 2. The van der Waals surface area contributed by atoms with Gasteiger partial charge >= 0.3 is 17.9 Å². The molecule has 23 nitrogen and oxygen atoms in total. The molecule has 76 heavy (non-hydrogen) atoms. The normalized spacial score (nSPS) is 23.2.